The molecule has 1 heterocycles. The molecule has 1 rings (SSSR count). The van der Waals surface area contributed by atoms with Crippen LogP contribution in [0.25, 0.3) is 0 Å². The molecule has 1 saturated heterocycles. The summed E-state index contributed by atoms with van der Waals surface area (Å²) in [6.07, 6.45) is 1.70. The molecule has 0 aromatic carbocycles. The largest absolute Gasteiger partial charge is 0.320 e. The second kappa shape index (κ2) is 4.47. The maximum absolute atomic E-state index is 13.9. The van der Waals surface area contributed by atoms with Crippen molar-refractivity contribution in [3.8, 4) is 0 Å². The Bertz CT molecular complexity index is 132. The van der Waals surface area contributed by atoms with Gasteiger partial charge in [0.05, 0.1) is 0 Å². The summed E-state index contributed by atoms with van der Waals surface area (Å²) in [4.78, 5) is 0. The zero-order chi connectivity index (χ0) is 9.03. The van der Waals surface area contributed by atoms with Crippen molar-refractivity contribution in [1.82, 2.24) is 5.32 Å². The van der Waals surface area contributed by atoms with Gasteiger partial charge < -0.3 is 5.32 Å². The van der Waals surface area contributed by atoms with Crippen LogP contribution in [0.15, 0.2) is 0 Å². The Morgan fingerprint density at radius 3 is 2.92 bits per heavy atom. The standard InChI is InChI=1S/C9H18FNS/c1-9(10,4-5-11-2)8-3-6-12-7-8/h8,11H,3-7H2,1-2H3. The number of alkyl halides is 1. The third-order valence-electron chi connectivity index (χ3n) is 2.64. The van der Waals surface area contributed by atoms with Crippen LogP contribution in [0.1, 0.15) is 19.8 Å². The zero-order valence-corrected chi connectivity index (χ0v) is 8.72. The Morgan fingerprint density at radius 1 is 1.67 bits per heavy atom. The molecule has 3 heteroatoms. The second-order valence-electron chi connectivity index (χ2n) is 3.69. The van der Waals surface area contributed by atoms with E-state index in [9.17, 15) is 4.39 Å². The van der Waals surface area contributed by atoms with E-state index in [1.807, 2.05) is 18.8 Å². The molecular formula is C9H18FNS. The molecule has 2 atom stereocenters. The van der Waals surface area contributed by atoms with E-state index in [-0.39, 0.29) is 5.92 Å². The number of rotatable bonds is 4. The summed E-state index contributed by atoms with van der Waals surface area (Å²) in [6, 6.07) is 0. The lowest BCUT2D eigenvalue weighted by atomic mass is 9.87. The van der Waals surface area contributed by atoms with Crippen molar-refractivity contribution in [2.24, 2.45) is 5.92 Å². The topological polar surface area (TPSA) is 12.0 Å². The molecule has 1 aliphatic heterocycles. The first kappa shape index (κ1) is 10.3. The van der Waals surface area contributed by atoms with Crippen molar-refractivity contribution in [3.05, 3.63) is 0 Å². The van der Waals surface area contributed by atoms with E-state index in [1.54, 1.807) is 6.92 Å². The Balaban J connectivity index is 2.34. The van der Waals surface area contributed by atoms with Gasteiger partial charge in [0.25, 0.3) is 0 Å². The first-order valence-electron chi connectivity index (χ1n) is 4.58. The molecule has 2 unspecified atom stereocenters. The summed E-state index contributed by atoms with van der Waals surface area (Å²) in [6.45, 7) is 2.54. The van der Waals surface area contributed by atoms with Crippen LogP contribution < -0.4 is 5.32 Å². The molecule has 1 nitrogen and oxygen atoms in total. The molecule has 0 spiro atoms. The lowest BCUT2D eigenvalue weighted by molar-refractivity contribution is 0.106. The molecule has 1 N–H and O–H groups in total. The summed E-state index contributed by atoms with van der Waals surface area (Å²) in [7, 11) is 1.87. The van der Waals surface area contributed by atoms with Gasteiger partial charge in [-0.25, -0.2) is 4.39 Å². The van der Waals surface area contributed by atoms with Gasteiger partial charge in [-0.1, -0.05) is 0 Å². The highest BCUT2D eigenvalue weighted by atomic mass is 32.2. The minimum Gasteiger partial charge on any atom is -0.320 e. The molecule has 0 amide bonds. The van der Waals surface area contributed by atoms with Gasteiger partial charge in [-0.3, -0.25) is 0 Å². The van der Waals surface area contributed by atoms with Crippen LogP contribution in [0.2, 0.25) is 0 Å². The highest BCUT2D eigenvalue weighted by Crippen LogP contribution is 2.36. The van der Waals surface area contributed by atoms with E-state index in [1.165, 1.54) is 0 Å². The van der Waals surface area contributed by atoms with E-state index in [0.717, 1.165) is 24.5 Å². The molecule has 12 heavy (non-hydrogen) atoms. The van der Waals surface area contributed by atoms with E-state index in [2.05, 4.69) is 5.32 Å². The normalized spacial score (nSPS) is 28.8. The third-order valence-corrected chi connectivity index (χ3v) is 3.81. The summed E-state index contributed by atoms with van der Waals surface area (Å²) >= 11 is 1.88. The molecule has 1 aliphatic rings. The van der Waals surface area contributed by atoms with Crippen LogP contribution in [-0.2, 0) is 0 Å². The lowest BCUT2D eigenvalue weighted by Crippen LogP contribution is -2.33. The molecule has 1 fully saturated rings. The van der Waals surface area contributed by atoms with Gasteiger partial charge in [0.2, 0.25) is 0 Å². The van der Waals surface area contributed by atoms with Crippen LogP contribution in [0.4, 0.5) is 4.39 Å². The summed E-state index contributed by atoms with van der Waals surface area (Å²) in [5.41, 5.74) is -0.952. The average molecular weight is 191 g/mol. The first-order chi connectivity index (χ1) is 5.67. The van der Waals surface area contributed by atoms with Gasteiger partial charge in [0.15, 0.2) is 0 Å². The van der Waals surface area contributed by atoms with E-state index in [4.69, 9.17) is 0 Å². The second-order valence-corrected chi connectivity index (χ2v) is 4.84. The smallest absolute Gasteiger partial charge is 0.113 e. The zero-order valence-electron chi connectivity index (χ0n) is 7.90. The molecule has 0 bridgehead atoms. The average Bonchev–Trinajstić information content (AvgIpc) is 2.53. The van der Waals surface area contributed by atoms with Crippen LogP contribution in [-0.4, -0.2) is 30.8 Å². The SMILES string of the molecule is CNCCC(C)(F)C1CCSC1. The molecule has 72 valence electrons. The number of hydrogen-bond donors (Lipinski definition) is 1. The van der Waals surface area contributed by atoms with Crippen molar-refractivity contribution in [3.63, 3.8) is 0 Å². The van der Waals surface area contributed by atoms with Crippen molar-refractivity contribution < 1.29 is 4.39 Å². The molecule has 0 radical (unpaired) electrons. The Labute approximate surface area is 78.5 Å². The Morgan fingerprint density at radius 2 is 2.42 bits per heavy atom. The van der Waals surface area contributed by atoms with Crippen molar-refractivity contribution >= 4 is 11.8 Å². The van der Waals surface area contributed by atoms with Crippen molar-refractivity contribution in [2.75, 3.05) is 25.1 Å². The fourth-order valence-electron chi connectivity index (χ4n) is 1.58. The maximum Gasteiger partial charge on any atom is 0.113 e. The summed E-state index contributed by atoms with van der Waals surface area (Å²) < 4.78 is 13.9. The minimum atomic E-state index is -0.952. The summed E-state index contributed by atoms with van der Waals surface area (Å²) in [5, 5.41) is 3.00. The van der Waals surface area contributed by atoms with Crippen LogP contribution in [0, 0.1) is 5.92 Å². The molecule has 0 aromatic heterocycles. The third kappa shape index (κ3) is 2.63. The van der Waals surface area contributed by atoms with E-state index in [0.29, 0.717) is 6.42 Å². The van der Waals surface area contributed by atoms with Crippen molar-refractivity contribution in [2.45, 2.75) is 25.4 Å². The van der Waals surface area contributed by atoms with Gasteiger partial charge >= 0.3 is 0 Å². The van der Waals surface area contributed by atoms with Crippen LogP contribution in [0.5, 0.6) is 0 Å². The Hall–Kier alpha value is 0.240. The molecular weight excluding hydrogens is 173 g/mol. The first-order valence-corrected chi connectivity index (χ1v) is 5.73. The monoisotopic (exact) mass is 191 g/mol. The van der Waals surface area contributed by atoms with Gasteiger partial charge in [0.1, 0.15) is 5.67 Å². The minimum absolute atomic E-state index is 0.288. The quantitative estimate of drug-likeness (QED) is 0.730. The van der Waals surface area contributed by atoms with Crippen LogP contribution >= 0.6 is 11.8 Å². The number of thioether (sulfide) groups is 1. The summed E-state index contributed by atoms with van der Waals surface area (Å²) in [5.74, 6) is 2.44. The van der Waals surface area contributed by atoms with E-state index >= 15 is 0 Å². The molecule has 0 aliphatic carbocycles. The molecule has 0 saturated carbocycles. The highest BCUT2D eigenvalue weighted by Gasteiger charge is 2.35. The lowest BCUT2D eigenvalue weighted by Gasteiger charge is -2.26. The van der Waals surface area contributed by atoms with E-state index < -0.39 is 5.67 Å². The maximum atomic E-state index is 13.9. The van der Waals surface area contributed by atoms with Crippen molar-refractivity contribution in [1.29, 1.82) is 0 Å². The number of hydrogen-bond acceptors (Lipinski definition) is 2. The van der Waals surface area contributed by atoms with Gasteiger partial charge in [-0.15, -0.1) is 0 Å². The molecule has 0 aromatic rings. The number of nitrogens with one attached hydrogen (secondary N) is 1. The van der Waals surface area contributed by atoms with Gasteiger partial charge in [-0.2, -0.15) is 11.8 Å². The highest BCUT2D eigenvalue weighted by molar-refractivity contribution is 7.99. The van der Waals surface area contributed by atoms with Gasteiger partial charge in [0, 0.05) is 5.92 Å². The fraction of sp³-hybridized carbons (Fsp3) is 1.00. The number of halogens is 1. The predicted molar refractivity (Wildman–Crippen MR) is 53.5 cm³/mol. The van der Waals surface area contributed by atoms with Crippen LogP contribution in [0.3, 0.4) is 0 Å². The Kier molecular flexibility index (Phi) is 3.84. The fourth-order valence-corrected chi connectivity index (χ4v) is 3.00. The van der Waals surface area contributed by atoms with Gasteiger partial charge in [-0.05, 0) is 44.9 Å². The predicted octanol–water partition coefficient (Wildman–Crippen LogP) is 2.08.